The molecule has 156 valence electrons. The van der Waals surface area contributed by atoms with Gasteiger partial charge in [0.05, 0.1) is 12.0 Å². The van der Waals surface area contributed by atoms with Gasteiger partial charge in [0.2, 0.25) is 0 Å². The van der Waals surface area contributed by atoms with Crippen LogP contribution in [0.5, 0.6) is 0 Å². The molecule has 0 aliphatic rings. The molecule has 3 aromatic heterocycles. The molecule has 0 unspecified atom stereocenters. The zero-order valence-electron chi connectivity index (χ0n) is 18.5. The van der Waals surface area contributed by atoms with Gasteiger partial charge in [0.15, 0.2) is 5.82 Å². The highest BCUT2D eigenvalue weighted by molar-refractivity contribution is 7.26. The maximum absolute atomic E-state index is 13.3. The van der Waals surface area contributed by atoms with Crippen LogP contribution in [0.25, 0.3) is 21.5 Å². The highest BCUT2D eigenvalue weighted by Crippen LogP contribution is 2.42. The van der Waals surface area contributed by atoms with Crippen LogP contribution in [-0.2, 0) is 4.74 Å². The molecule has 0 atom stereocenters. The van der Waals surface area contributed by atoms with Crippen molar-refractivity contribution in [1.29, 1.82) is 0 Å². The lowest BCUT2D eigenvalue weighted by Crippen LogP contribution is -2.27. The van der Waals surface area contributed by atoms with Crippen molar-refractivity contribution >= 4 is 52.4 Å². The molecule has 0 saturated carbocycles. The third kappa shape index (κ3) is 3.88. The molecule has 0 saturated heterocycles. The first kappa shape index (κ1) is 22.1. The number of pyridine rings is 1. The maximum atomic E-state index is 13.3. The summed E-state index contributed by atoms with van der Waals surface area (Å²) >= 11 is 1.40. The fourth-order valence-corrected chi connectivity index (χ4v) is 4.65. The summed E-state index contributed by atoms with van der Waals surface area (Å²) in [5.41, 5.74) is 9.29. The summed E-state index contributed by atoms with van der Waals surface area (Å²) < 4.78 is 8.10. The number of fused-ring (bicyclic) bond motifs is 1. The molecule has 8 heteroatoms. The summed E-state index contributed by atoms with van der Waals surface area (Å²) in [4.78, 5) is 22.7. The van der Waals surface area contributed by atoms with Crippen LogP contribution < -0.4 is 10.5 Å². The van der Waals surface area contributed by atoms with E-state index in [0.717, 1.165) is 38.2 Å². The van der Waals surface area contributed by atoms with E-state index in [0.29, 0.717) is 10.6 Å². The van der Waals surface area contributed by atoms with Crippen molar-refractivity contribution in [1.82, 2.24) is 9.55 Å². The molecule has 3 aromatic rings. The fraction of sp³-hybridized carbons (Fsp3) is 0.409. The van der Waals surface area contributed by atoms with Crippen LogP contribution in [0.2, 0.25) is 0 Å². The summed E-state index contributed by atoms with van der Waals surface area (Å²) in [5.74, 6) is 0.700. The molecule has 0 aliphatic carbocycles. The number of ether oxygens (including phenoxy) is 1. The Morgan fingerprint density at radius 1 is 1.37 bits per heavy atom. The van der Waals surface area contributed by atoms with Gasteiger partial charge in [-0.25, -0.2) is 19.3 Å². The van der Waals surface area contributed by atoms with Crippen LogP contribution in [0.3, 0.4) is 0 Å². The molecule has 0 spiro atoms. The number of aryl methyl sites for hydroxylation is 2. The molecule has 2 N–H and O–H groups in total. The minimum Gasteiger partial charge on any atom is -0.443 e. The Bertz CT molecular complexity index is 1150. The first-order valence-electron chi connectivity index (χ1n) is 9.84. The Hall–Kier alpha value is -2.61. The Kier molecular flexibility index (Phi) is 5.82. The third-order valence-electron chi connectivity index (χ3n) is 4.79. The first-order chi connectivity index (χ1) is 14.0. The van der Waals surface area contributed by atoms with Gasteiger partial charge in [-0.3, -0.25) is 0 Å². The summed E-state index contributed by atoms with van der Waals surface area (Å²) in [6.45, 7) is 13.7. The number of rotatable bonds is 3. The van der Waals surface area contributed by atoms with E-state index in [1.54, 1.807) is 10.8 Å². The predicted octanol–water partition coefficient (Wildman–Crippen LogP) is 4.70. The van der Waals surface area contributed by atoms with Crippen molar-refractivity contribution in [3.63, 3.8) is 0 Å². The topological polar surface area (TPSA) is 82.5 Å². The lowest BCUT2D eigenvalue weighted by molar-refractivity contribution is 0.0547. The van der Waals surface area contributed by atoms with Crippen LogP contribution in [0.1, 0.15) is 57.2 Å². The summed E-state index contributed by atoms with van der Waals surface area (Å²) in [6, 6.07) is 1.97. The number of carbonyl (C=O) groups is 1. The number of aromatic nitrogens is 2. The lowest BCUT2D eigenvalue weighted by atomic mass is 9.93. The van der Waals surface area contributed by atoms with E-state index in [4.69, 9.17) is 18.3 Å². The predicted molar refractivity (Wildman–Crippen MR) is 126 cm³/mol. The van der Waals surface area contributed by atoms with Crippen molar-refractivity contribution in [2.24, 2.45) is 10.7 Å². The van der Waals surface area contributed by atoms with Gasteiger partial charge in [0, 0.05) is 17.1 Å². The molecular formula is C22H27BN4O2S. The minimum absolute atomic E-state index is 0.154. The minimum atomic E-state index is -0.630. The van der Waals surface area contributed by atoms with Gasteiger partial charge in [-0.05, 0) is 68.1 Å². The zero-order chi connectivity index (χ0) is 22.4. The monoisotopic (exact) mass is 422 g/mol. The molecular weight excluding hydrogens is 395 g/mol. The normalized spacial score (nSPS) is 12.4. The van der Waals surface area contributed by atoms with Crippen LogP contribution in [0.15, 0.2) is 17.3 Å². The van der Waals surface area contributed by atoms with Gasteiger partial charge in [-0.15, -0.1) is 11.3 Å². The zero-order valence-corrected chi connectivity index (χ0v) is 19.3. The second kappa shape index (κ2) is 7.91. The smallest absolute Gasteiger partial charge is 0.420 e. The van der Waals surface area contributed by atoms with Gasteiger partial charge in [0.25, 0.3) is 0 Å². The van der Waals surface area contributed by atoms with Gasteiger partial charge in [-0.1, -0.05) is 13.8 Å². The number of hydrogen-bond acceptors (Lipinski definition) is 5. The molecule has 0 aromatic carbocycles. The Labute approximate surface area is 182 Å². The van der Waals surface area contributed by atoms with Crippen molar-refractivity contribution < 1.29 is 9.53 Å². The third-order valence-corrected chi connectivity index (χ3v) is 5.90. The van der Waals surface area contributed by atoms with Crippen molar-refractivity contribution in [3.8, 4) is 11.3 Å². The second-order valence-electron chi connectivity index (χ2n) is 8.65. The Morgan fingerprint density at radius 3 is 2.57 bits per heavy atom. The molecule has 0 amide bonds. The van der Waals surface area contributed by atoms with Crippen molar-refractivity contribution in [3.05, 3.63) is 29.0 Å². The van der Waals surface area contributed by atoms with Gasteiger partial charge >= 0.3 is 6.09 Å². The van der Waals surface area contributed by atoms with E-state index in [-0.39, 0.29) is 5.92 Å². The summed E-state index contributed by atoms with van der Waals surface area (Å²) in [5, 5.41) is 1.01. The van der Waals surface area contributed by atoms with Crippen LogP contribution in [0, 0.1) is 13.8 Å². The van der Waals surface area contributed by atoms with Crippen LogP contribution in [-0.4, -0.2) is 35.4 Å². The number of nitrogens with two attached hydrogens (primary N) is 1. The Morgan fingerprint density at radius 2 is 2.03 bits per heavy atom. The van der Waals surface area contributed by atoms with Crippen LogP contribution >= 0.6 is 11.3 Å². The highest BCUT2D eigenvalue weighted by atomic mass is 32.1. The molecule has 2 radical (unpaired) electrons. The quantitative estimate of drug-likeness (QED) is 0.377. The highest BCUT2D eigenvalue weighted by Gasteiger charge is 2.30. The SMILES string of the molecule is [B]c1sc2c(c1C)c(C(C)C)c(-c1cnc(N=CN)c(C)c1)n2C(=O)OC(C)(C)C. The van der Waals surface area contributed by atoms with Crippen molar-refractivity contribution in [2.45, 2.75) is 60.0 Å². The molecule has 0 aliphatic heterocycles. The second-order valence-corrected chi connectivity index (χ2v) is 9.68. The fourth-order valence-electron chi connectivity index (χ4n) is 3.56. The number of aliphatic imine (C=N–C) groups is 1. The average Bonchev–Trinajstić information content (AvgIpc) is 3.09. The number of thiophene rings is 1. The number of hydrogen-bond donors (Lipinski definition) is 1. The summed E-state index contributed by atoms with van der Waals surface area (Å²) in [7, 11) is 6.24. The maximum Gasteiger partial charge on any atom is 0.420 e. The standard InChI is InChI=1S/C22H27BN4O2S/c1-11(2)15-16-13(4)18(23)30-20(16)27(21(28)29-22(5,6)7)17(15)14-8-12(3)19(25-9-14)26-10-24/h8-11H,1-7H3,(H2,24,25,26). The van der Waals surface area contributed by atoms with E-state index in [1.165, 1.54) is 17.7 Å². The number of nitrogens with zero attached hydrogens (tertiary/aromatic N) is 3. The summed E-state index contributed by atoms with van der Waals surface area (Å²) in [6.07, 6.45) is 2.51. The van der Waals surface area contributed by atoms with Gasteiger partial charge < -0.3 is 10.5 Å². The average molecular weight is 422 g/mol. The first-order valence-corrected chi connectivity index (χ1v) is 10.7. The largest absolute Gasteiger partial charge is 0.443 e. The molecule has 0 fully saturated rings. The van der Waals surface area contributed by atoms with Gasteiger partial charge in [-0.2, -0.15) is 0 Å². The van der Waals surface area contributed by atoms with Crippen LogP contribution in [0.4, 0.5) is 10.6 Å². The molecule has 30 heavy (non-hydrogen) atoms. The molecule has 3 heterocycles. The van der Waals surface area contributed by atoms with E-state index in [9.17, 15) is 4.79 Å². The Balaban J connectivity index is 2.39. The van der Waals surface area contributed by atoms with Gasteiger partial charge in [0.1, 0.15) is 18.3 Å². The lowest BCUT2D eigenvalue weighted by Gasteiger charge is -2.21. The molecule has 3 rings (SSSR count). The molecule has 0 bridgehead atoms. The van der Waals surface area contributed by atoms with E-state index >= 15 is 0 Å². The van der Waals surface area contributed by atoms with Crippen molar-refractivity contribution in [2.75, 3.05) is 0 Å². The van der Waals surface area contributed by atoms with E-state index < -0.39 is 11.7 Å². The van der Waals surface area contributed by atoms with E-state index in [1.807, 2.05) is 40.7 Å². The number of carbonyl (C=O) groups excluding carboxylic acids is 1. The molecule has 6 nitrogen and oxygen atoms in total. The van der Waals surface area contributed by atoms with E-state index in [2.05, 4.69) is 23.8 Å².